The molecule has 0 atom stereocenters. The molecule has 0 aliphatic carbocycles. The van der Waals surface area contributed by atoms with Gasteiger partial charge < -0.3 is 9.47 Å². The SMILES string of the molecule is O=C(CCOCC(F)F)c1cccc(OC(F)(F)F)c1. The first-order valence-electron chi connectivity index (χ1n) is 5.53. The third kappa shape index (κ3) is 6.46. The highest BCUT2D eigenvalue weighted by molar-refractivity contribution is 5.96. The maximum atomic E-state index is 12.0. The van der Waals surface area contributed by atoms with Crippen LogP contribution in [0.15, 0.2) is 24.3 Å². The molecule has 0 fully saturated rings. The fraction of sp³-hybridized carbons (Fsp3) is 0.417. The monoisotopic (exact) mass is 298 g/mol. The third-order valence-corrected chi connectivity index (χ3v) is 2.11. The van der Waals surface area contributed by atoms with Crippen molar-refractivity contribution in [1.82, 2.24) is 0 Å². The standard InChI is InChI=1S/C12H11F5O3/c13-11(14)7-19-5-4-10(18)8-2-1-3-9(6-8)20-12(15,16)17/h1-3,6,11H,4-5,7H2. The minimum absolute atomic E-state index is 0.00704. The number of rotatable bonds is 7. The van der Waals surface area contributed by atoms with E-state index in [1.807, 2.05) is 0 Å². The van der Waals surface area contributed by atoms with Crippen molar-refractivity contribution in [3.8, 4) is 5.75 Å². The molecule has 0 saturated heterocycles. The van der Waals surface area contributed by atoms with E-state index in [0.29, 0.717) is 0 Å². The molecule has 0 radical (unpaired) electrons. The van der Waals surface area contributed by atoms with Gasteiger partial charge in [-0.3, -0.25) is 4.79 Å². The normalized spacial score (nSPS) is 11.7. The Morgan fingerprint density at radius 2 is 1.95 bits per heavy atom. The van der Waals surface area contributed by atoms with E-state index in [4.69, 9.17) is 0 Å². The number of carbonyl (C=O) groups is 1. The molecular formula is C12H11F5O3. The van der Waals surface area contributed by atoms with Crippen LogP contribution in [-0.4, -0.2) is 31.8 Å². The number of Topliss-reactive ketones (excluding diaryl/α,β-unsaturated/α-hetero) is 1. The van der Waals surface area contributed by atoms with E-state index in [1.165, 1.54) is 12.1 Å². The van der Waals surface area contributed by atoms with Crippen LogP contribution in [0.2, 0.25) is 0 Å². The topological polar surface area (TPSA) is 35.5 Å². The van der Waals surface area contributed by atoms with Gasteiger partial charge in [0.25, 0.3) is 6.43 Å². The molecule has 0 unspecified atom stereocenters. The number of hydrogen-bond acceptors (Lipinski definition) is 3. The van der Waals surface area contributed by atoms with E-state index in [1.54, 1.807) is 0 Å². The quantitative estimate of drug-likeness (QED) is 0.439. The van der Waals surface area contributed by atoms with Gasteiger partial charge in [-0.2, -0.15) is 0 Å². The smallest absolute Gasteiger partial charge is 0.406 e. The van der Waals surface area contributed by atoms with E-state index >= 15 is 0 Å². The molecule has 0 bridgehead atoms. The number of halogens is 5. The Bertz CT molecular complexity index is 445. The first-order valence-corrected chi connectivity index (χ1v) is 5.53. The maximum Gasteiger partial charge on any atom is 0.573 e. The van der Waals surface area contributed by atoms with Gasteiger partial charge in [0.1, 0.15) is 12.4 Å². The van der Waals surface area contributed by atoms with Gasteiger partial charge in [0.05, 0.1) is 6.61 Å². The molecule has 0 N–H and O–H groups in total. The number of ketones is 1. The number of alkyl halides is 5. The molecule has 0 amide bonds. The maximum absolute atomic E-state index is 12.0. The predicted octanol–water partition coefficient (Wildman–Crippen LogP) is 3.44. The van der Waals surface area contributed by atoms with E-state index in [2.05, 4.69) is 9.47 Å². The van der Waals surface area contributed by atoms with E-state index in [-0.39, 0.29) is 18.6 Å². The first kappa shape index (κ1) is 16.4. The summed E-state index contributed by atoms with van der Waals surface area (Å²) in [6.07, 6.45) is -7.68. The second kappa shape index (κ2) is 7.18. The molecule has 3 nitrogen and oxygen atoms in total. The Balaban J connectivity index is 2.54. The van der Waals surface area contributed by atoms with Crippen molar-refractivity contribution in [3.05, 3.63) is 29.8 Å². The summed E-state index contributed by atoms with van der Waals surface area (Å²) in [4.78, 5) is 11.6. The van der Waals surface area contributed by atoms with Gasteiger partial charge in [0.2, 0.25) is 0 Å². The summed E-state index contributed by atoms with van der Waals surface area (Å²) in [5, 5.41) is 0. The van der Waals surface area contributed by atoms with Crippen molar-refractivity contribution in [2.45, 2.75) is 19.2 Å². The van der Waals surface area contributed by atoms with Crippen LogP contribution < -0.4 is 4.74 Å². The Labute approximate surface area is 111 Å². The van der Waals surface area contributed by atoms with Gasteiger partial charge >= 0.3 is 6.36 Å². The molecule has 0 spiro atoms. The average molecular weight is 298 g/mol. The van der Waals surface area contributed by atoms with Crippen LogP contribution in [0.4, 0.5) is 22.0 Å². The van der Waals surface area contributed by atoms with Crippen LogP contribution >= 0.6 is 0 Å². The molecule has 0 heterocycles. The van der Waals surface area contributed by atoms with Crippen LogP contribution in [-0.2, 0) is 4.74 Å². The van der Waals surface area contributed by atoms with Crippen molar-refractivity contribution in [2.75, 3.05) is 13.2 Å². The van der Waals surface area contributed by atoms with Crippen molar-refractivity contribution < 1.29 is 36.2 Å². The zero-order valence-electron chi connectivity index (χ0n) is 10.1. The van der Waals surface area contributed by atoms with Crippen LogP contribution in [0.25, 0.3) is 0 Å². The largest absolute Gasteiger partial charge is 0.573 e. The predicted molar refractivity (Wildman–Crippen MR) is 58.9 cm³/mol. The van der Waals surface area contributed by atoms with Gasteiger partial charge in [0.15, 0.2) is 5.78 Å². The lowest BCUT2D eigenvalue weighted by Crippen LogP contribution is -2.17. The van der Waals surface area contributed by atoms with Gasteiger partial charge in [0, 0.05) is 12.0 Å². The minimum atomic E-state index is -4.85. The van der Waals surface area contributed by atoms with Gasteiger partial charge in [-0.15, -0.1) is 13.2 Å². The zero-order chi connectivity index (χ0) is 15.2. The molecule has 0 aliphatic rings. The number of benzene rings is 1. The molecule has 112 valence electrons. The summed E-state index contributed by atoms with van der Waals surface area (Å²) in [5.74, 6) is -1.04. The van der Waals surface area contributed by atoms with Crippen LogP contribution in [0, 0.1) is 0 Å². The Morgan fingerprint density at radius 1 is 1.25 bits per heavy atom. The third-order valence-electron chi connectivity index (χ3n) is 2.11. The highest BCUT2D eigenvalue weighted by atomic mass is 19.4. The summed E-state index contributed by atoms with van der Waals surface area (Å²) >= 11 is 0. The Kier molecular flexibility index (Phi) is 5.87. The summed E-state index contributed by atoms with van der Waals surface area (Å²) in [5.41, 5.74) is -0.00704. The van der Waals surface area contributed by atoms with Crippen molar-refractivity contribution in [2.24, 2.45) is 0 Å². The van der Waals surface area contributed by atoms with Crippen LogP contribution in [0.3, 0.4) is 0 Å². The molecule has 1 aromatic rings. The lowest BCUT2D eigenvalue weighted by Gasteiger charge is -2.09. The summed E-state index contributed by atoms with van der Waals surface area (Å²) in [7, 11) is 0. The average Bonchev–Trinajstić information content (AvgIpc) is 2.32. The lowest BCUT2D eigenvalue weighted by atomic mass is 10.1. The van der Waals surface area contributed by atoms with Gasteiger partial charge in [-0.1, -0.05) is 12.1 Å². The van der Waals surface area contributed by atoms with E-state index in [9.17, 15) is 26.7 Å². The van der Waals surface area contributed by atoms with E-state index < -0.39 is 30.9 Å². The number of hydrogen-bond donors (Lipinski definition) is 0. The summed E-state index contributed by atoms with van der Waals surface area (Å²) in [6, 6.07) is 4.52. The Hall–Kier alpha value is -1.70. The fourth-order valence-electron chi connectivity index (χ4n) is 1.35. The molecule has 0 aromatic heterocycles. The zero-order valence-corrected chi connectivity index (χ0v) is 10.1. The second-order valence-corrected chi connectivity index (χ2v) is 3.71. The lowest BCUT2D eigenvalue weighted by molar-refractivity contribution is -0.274. The molecule has 0 saturated carbocycles. The van der Waals surface area contributed by atoms with Gasteiger partial charge in [-0.05, 0) is 12.1 Å². The number of ether oxygens (including phenoxy) is 2. The minimum Gasteiger partial charge on any atom is -0.406 e. The molecule has 1 rings (SSSR count). The molecule has 0 aliphatic heterocycles. The summed E-state index contributed by atoms with van der Waals surface area (Å²) in [6.45, 7) is -1.02. The van der Waals surface area contributed by atoms with Crippen LogP contribution in [0.1, 0.15) is 16.8 Å². The number of carbonyl (C=O) groups excluding carboxylic acids is 1. The highest BCUT2D eigenvalue weighted by Gasteiger charge is 2.31. The Morgan fingerprint density at radius 3 is 2.55 bits per heavy atom. The van der Waals surface area contributed by atoms with Crippen molar-refractivity contribution in [3.63, 3.8) is 0 Å². The fourth-order valence-corrected chi connectivity index (χ4v) is 1.35. The van der Waals surface area contributed by atoms with Crippen molar-refractivity contribution in [1.29, 1.82) is 0 Å². The van der Waals surface area contributed by atoms with Crippen LogP contribution in [0.5, 0.6) is 5.75 Å². The molecule has 1 aromatic carbocycles. The van der Waals surface area contributed by atoms with Crippen molar-refractivity contribution >= 4 is 5.78 Å². The first-order chi connectivity index (χ1) is 9.28. The van der Waals surface area contributed by atoms with E-state index in [0.717, 1.165) is 12.1 Å². The molecular weight excluding hydrogens is 287 g/mol. The molecule has 8 heteroatoms. The second-order valence-electron chi connectivity index (χ2n) is 3.71. The summed E-state index contributed by atoms with van der Waals surface area (Å²) < 4.78 is 67.7. The van der Waals surface area contributed by atoms with Gasteiger partial charge in [-0.25, -0.2) is 8.78 Å². The highest BCUT2D eigenvalue weighted by Crippen LogP contribution is 2.23. The molecule has 20 heavy (non-hydrogen) atoms.